The lowest BCUT2D eigenvalue weighted by atomic mass is 10.2. The number of benzene rings is 1. The van der Waals surface area contributed by atoms with Crippen molar-refractivity contribution in [2.75, 3.05) is 12.3 Å². The number of ether oxygens (including phenoxy) is 1. The van der Waals surface area contributed by atoms with Gasteiger partial charge in [-0.15, -0.1) is 0 Å². The molecule has 0 atom stereocenters. The number of carbonyl (C=O) groups excluding carboxylic acids is 1. The van der Waals surface area contributed by atoms with E-state index in [0.717, 1.165) is 4.79 Å². The fourth-order valence-electron chi connectivity index (χ4n) is 1.26. The molecule has 0 saturated carbocycles. The molecule has 4 N–H and O–H groups in total. The van der Waals surface area contributed by atoms with Gasteiger partial charge in [0.1, 0.15) is 5.75 Å². The van der Waals surface area contributed by atoms with Gasteiger partial charge in [-0.05, 0) is 22.6 Å². The molecule has 0 aliphatic carbocycles. The minimum Gasteiger partial charge on any atom is -0.483 e. The Hall–Kier alpha value is -2.97. The molecule has 2 rings (SSSR count). The van der Waals surface area contributed by atoms with Crippen molar-refractivity contribution in [3.8, 4) is 5.75 Å². The molecule has 1 aromatic heterocycles. The molecule has 0 radical (unpaired) electrons. The van der Waals surface area contributed by atoms with Crippen LogP contribution in [-0.2, 0) is 4.79 Å². The van der Waals surface area contributed by atoms with E-state index in [1.807, 2.05) is 0 Å². The fourth-order valence-corrected chi connectivity index (χ4v) is 1.26. The van der Waals surface area contributed by atoms with Crippen molar-refractivity contribution in [2.45, 2.75) is 0 Å². The van der Waals surface area contributed by atoms with Crippen LogP contribution >= 0.6 is 0 Å². The van der Waals surface area contributed by atoms with Crippen molar-refractivity contribution in [2.24, 2.45) is 10.8 Å². The third kappa shape index (κ3) is 3.25. The Morgan fingerprint density at radius 2 is 2.26 bits per heavy atom. The molecule has 1 amide bonds. The van der Waals surface area contributed by atoms with Crippen molar-refractivity contribution in [3.63, 3.8) is 0 Å². The number of para-hydroxylation sites is 1. The van der Waals surface area contributed by atoms with Gasteiger partial charge in [0.15, 0.2) is 6.61 Å². The summed E-state index contributed by atoms with van der Waals surface area (Å²) >= 11 is 0. The Bertz CT molecular complexity index is 607. The minimum atomic E-state index is -0.559. The standard InChI is InChI=1S/C10H11N7O2/c11-9(18)6-19-8-4-2-1-3-7(8)5-13-17-10(12)14-15-16-17/h1-5H,6H2,(H2,11,18)(H2,12,14,16). The quantitative estimate of drug-likeness (QED) is 0.663. The minimum absolute atomic E-state index is 0.0618. The number of amides is 1. The smallest absolute Gasteiger partial charge is 0.263 e. The first-order valence-electron chi connectivity index (χ1n) is 5.25. The molecule has 2 aromatic rings. The Labute approximate surface area is 107 Å². The summed E-state index contributed by atoms with van der Waals surface area (Å²) in [5.41, 5.74) is 11.1. The highest BCUT2D eigenvalue weighted by molar-refractivity contribution is 5.83. The number of hydrogen-bond donors (Lipinski definition) is 2. The van der Waals surface area contributed by atoms with Crippen molar-refractivity contribution >= 4 is 18.1 Å². The number of nitrogens with zero attached hydrogens (tertiary/aromatic N) is 5. The first-order chi connectivity index (χ1) is 9.16. The van der Waals surface area contributed by atoms with E-state index in [2.05, 4.69) is 20.6 Å². The molecular weight excluding hydrogens is 250 g/mol. The maximum atomic E-state index is 10.7. The average molecular weight is 261 g/mol. The fraction of sp³-hybridized carbons (Fsp3) is 0.100. The molecule has 9 heteroatoms. The second-order valence-corrected chi connectivity index (χ2v) is 3.46. The summed E-state index contributed by atoms with van der Waals surface area (Å²) in [5.74, 6) is -0.0278. The highest BCUT2D eigenvalue weighted by Crippen LogP contribution is 2.15. The first kappa shape index (κ1) is 12.5. The van der Waals surface area contributed by atoms with Crippen LogP contribution in [0.3, 0.4) is 0 Å². The number of anilines is 1. The molecule has 0 fully saturated rings. The number of tetrazole rings is 1. The largest absolute Gasteiger partial charge is 0.483 e. The lowest BCUT2D eigenvalue weighted by molar-refractivity contribution is -0.119. The van der Waals surface area contributed by atoms with Crippen LogP contribution in [0.15, 0.2) is 29.4 Å². The molecule has 19 heavy (non-hydrogen) atoms. The van der Waals surface area contributed by atoms with Gasteiger partial charge in [-0.1, -0.05) is 22.0 Å². The summed E-state index contributed by atoms with van der Waals surface area (Å²) in [6.07, 6.45) is 1.46. The Morgan fingerprint density at radius 3 is 2.95 bits per heavy atom. The van der Waals surface area contributed by atoms with Gasteiger partial charge >= 0.3 is 0 Å². The number of carbonyl (C=O) groups is 1. The summed E-state index contributed by atoms with van der Waals surface area (Å²) < 4.78 is 5.24. The van der Waals surface area contributed by atoms with Crippen LogP contribution in [0.25, 0.3) is 0 Å². The van der Waals surface area contributed by atoms with Gasteiger partial charge in [0, 0.05) is 5.56 Å². The van der Waals surface area contributed by atoms with E-state index in [-0.39, 0.29) is 12.6 Å². The van der Waals surface area contributed by atoms with Crippen molar-refractivity contribution in [3.05, 3.63) is 29.8 Å². The zero-order chi connectivity index (χ0) is 13.7. The summed E-state index contributed by atoms with van der Waals surface area (Å²) in [5, 5.41) is 14.3. The summed E-state index contributed by atoms with van der Waals surface area (Å²) in [6, 6.07) is 6.99. The maximum Gasteiger partial charge on any atom is 0.263 e. The van der Waals surface area contributed by atoms with E-state index in [0.29, 0.717) is 11.3 Å². The number of nitrogen functional groups attached to an aromatic ring is 1. The molecule has 0 aliphatic rings. The molecule has 9 nitrogen and oxygen atoms in total. The molecule has 0 saturated heterocycles. The van der Waals surface area contributed by atoms with Gasteiger partial charge in [-0.3, -0.25) is 4.79 Å². The Kier molecular flexibility index (Phi) is 3.67. The molecule has 0 unspecified atom stereocenters. The van der Waals surface area contributed by atoms with Crippen LogP contribution in [0.4, 0.5) is 5.95 Å². The van der Waals surface area contributed by atoms with Crippen LogP contribution in [0, 0.1) is 0 Å². The molecule has 0 aliphatic heterocycles. The lowest BCUT2D eigenvalue weighted by Gasteiger charge is -2.06. The van der Waals surface area contributed by atoms with E-state index < -0.39 is 5.91 Å². The second-order valence-electron chi connectivity index (χ2n) is 3.46. The van der Waals surface area contributed by atoms with Crippen LogP contribution < -0.4 is 16.2 Å². The topological polar surface area (TPSA) is 134 Å². The van der Waals surface area contributed by atoms with E-state index in [1.54, 1.807) is 24.3 Å². The number of aromatic nitrogens is 4. The molecule has 1 aromatic carbocycles. The first-order valence-corrected chi connectivity index (χ1v) is 5.25. The SMILES string of the molecule is NC(=O)COc1ccccc1C=Nn1nnnc1N. The van der Waals surface area contributed by atoms with Gasteiger partial charge in [0.2, 0.25) is 0 Å². The highest BCUT2D eigenvalue weighted by Gasteiger charge is 2.03. The number of rotatable bonds is 5. The van der Waals surface area contributed by atoms with E-state index in [1.165, 1.54) is 6.21 Å². The number of primary amides is 1. The third-order valence-corrected chi connectivity index (χ3v) is 2.07. The molecule has 0 bridgehead atoms. The van der Waals surface area contributed by atoms with Gasteiger partial charge in [0.25, 0.3) is 11.9 Å². The summed E-state index contributed by atoms with van der Waals surface area (Å²) in [4.78, 5) is 11.7. The predicted octanol–water partition coefficient (Wildman–Crippen LogP) is -0.998. The zero-order valence-electron chi connectivity index (χ0n) is 9.80. The maximum absolute atomic E-state index is 10.7. The highest BCUT2D eigenvalue weighted by atomic mass is 16.5. The molecule has 1 heterocycles. The van der Waals surface area contributed by atoms with E-state index in [9.17, 15) is 4.79 Å². The molecule has 0 spiro atoms. The second kappa shape index (κ2) is 5.58. The molecule has 98 valence electrons. The van der Waals surface area contributed by atoms with Crippen LogP contribution in [-0.4, -0.2) is 39.0 Å². The molecular formula is C10H11N7O2. The van der Waals surface area contributed by atoms with Gasteiger partial charge < -0.3 is 16.2 Å². The third-order valence-electron chi connectivity index (χ3n) is 2.07. The van der Waals surface area contributed by atoms with Crippen LogP contribution in [0.1, 0.15) is 5.56 Å². The van der Waals surface area contributed by atoms with Crippen molar-refractivity contribution < 1.29 is 9.53 Å². The van der Waals surface area contributed by atoms with Crippen LogP contribution in [0.5, 0.6) is 5.75 Å². The predicted molar refractivity (Wildman–Crippen MR) is 66.4 cm³/mol. The van der Waals surface area contributed by atoms with E-state index >= 15 is 0 Å². The van der Waals surface area contributed by atoms with Crippen molar-refractivity contribution in [1.29, 1.82) is 0 Å². The monoisotopic (exact) mass is 261 g/mol. The van der Waals surface area contributed by atoms with Gasteiger partial charge in [-0.25, -0.2) is 0 Å². The normalized spacial score (nSPS) is 10.7. The number of hydrogen-bond acceptors (Lipinski definition) is 7. The summed E-state index contributed by atoms with van der Waals surface area (Å²) in [7, 11) is 0. The Balaban J connectivity index is 2.18. The van der Waals surface area contributed by atoms with Crippen molar-refractivity contribution in [1.82, 2.24) is 20.3 Å². The summed E-state index contributed by atoms with van der Waals surface area (Å²) in [6.45, 7) is -0.210. The number of nitrogens with two attached hydrogens (primary N) is 2. The van der Waals surface area contributed by atoms with Gasteiger partial charge in [-0.2, -0.15) is 5.10 Å². The average Bonchev–Trinajstić information content (AvgIpc) is 2.80. The Morgan fingerprint density at radius 1 is 1.47 bits per heavy atom. The van der Waals surface area contributed by atoms with E-state index in [4.69, 9.17) is 16.2 Å². The van der Waals surface area contributed by atoms with Crippen LogP contribution in [0.2, 0.25) is 0 Å². The zero-order valence-corrected chi connectivity index (χ0v) is 9.80. The lowest BCUT2D eigenvalue weighted by Crippen LogP contribution is -2.20. The van der Waals surface area contributed by atoms with Gasteiger partial charge in [0.05, 0.1) is 6.21 Å².